The van der Waals surface area contributed by atoms with Crippen molar-refractivity contribution in [3.8, 4) is 0 Å². The highest BCUT2D eigenvalue weighted by molar-refractivity contribution is 7.90. The quantitative estimate of drug-likeness (QED) is 0.795. The molecule has 1 heterocycles. The van der Waals surface area contributed by atoms with Crippen molar-refractivity contribution >= 4 is 15.8 Å². The number of nitrogens with one attached hydrogen (secondary N) is 2. The number of alkyl halides is 3. The molecule has 1 aromatic heterocycles. The van der Waals surface area contributed by atoms with Crippen LogP contribution in [0, 0.1) is 5.92 Å². The Labute approximate surface area is 146 Å². The van der Waals surface area contributed by atoms with Crippen LogP contribution in [0.5, 0.6) is 0 Å². The standard InChI is InChI=1S/C16H24F3N3O2S/c1-11(2)25(23,24)21-10-12-3-5-14(6-4-12)22-15-9-13(7-8-20-15)16(17,18)19/h7-9,11-12,14,21H,3-6,10H2,1-2H3,(H,20,22). The number of nitrogens with zero attached hydrogens (tertiary/aromatic N) is 1. The summed E-state index contributed by atoms with van der Waals surface area (Å²) in [4.78, 5) is 3.95. The van der Waals surface area contributed by atoms with Gasteiger partial charge in [-0.1, -0.05) is 0 Å². The maximum Gasteiger partial charge on any atom is 0.416 e. The fraction of sp³-hybridized carbons (Fsp3) is 0.688. The van der Waals surface area contributed by atoms with Crippen molar-refractivity contribution in [2.75, 3.05) is 11.9 Å². The molecule has 1 aliphatic rings. The Morgan fingerprint density at radius 2 is 1.88 bits per heavy atom. The van der Waals surface area contributed by atoms with E-state index in [2.05, 4.69) is 15.0 Å². The minimum absolute atomic E-state index is 0.0499. The molecule has 9 heteroatoms. The van der Waals surface area contributed by atoms with Crippen LogP contribution in [-0.2, 0) is 16.2 Å². The molecule has 2 rings (SSSR count). The first-order valence-electron chi connectivity index (χ1n) is 8.36. The number of aromatic nitrogens is 1. The predicted molar refractivity (Wildman–Crippen MR) is 90.7 cm³/mol. The van der Waals surface area contributed by atoms with Gasteiger partial charge in [-0.2, -0.15) is 13.2 Å². The highest BCUT2D eigenvalue weighted by atomic mass is 32.2. The van der Waals surface area contributed by atoms with E-state index in [9.17, 15) is 21.6 Å². The van der Waals surface area contributed by atoms with Crippen molar-refractivity contribution in [2.24, 2.45) is 5.92 Å². The van der Waals surface area contributed by atoms with E-state index in [0.717, 1.165) is 44.0 Å². The van der Waals surface area contributed by atoms with E-state index in [1.807, 2.05) is 0 Å². The lowest BCUT2D eigenvalue weighted by Gasteiger charge is -2.29. The van der Waals surface area contributed by atoms with Crippen LogP contribution in [0.3, 0.4) is 0 Å². The summed E-state index contributed by atoms with van der Waals surface area (Å²) in [6.07, 6.45) is -0.0609. The third kappa shape index (κ3) is 5.85. The van der Waals surface area contributed by atoms with Gasteiger partial charge in [0.15, 0.2) is 0 Å². The zero-order valence-electron chi connectivity index (χ0n) is 14.3. The second-order valence-corrected chi connectivity index (χ2v) is 9.05. The summed E-state index contributed by atoms with van der Waals surface area (Å²) < 4.78 is 64.3. The third-order valence-electron chi connectivity index (χ3n) is 4.48. The molecule has 0 amide bonds. The highest BCUT2D eigenvalue weighted by Crippen LogP contribution is 2.31. The van der Waals surface area contributed by atoms with Crippen LogP contribution >= 0.6 is 0 Å². The minimum Gasteiger partial charge on any atom is -0.367 e. The molecule has 1 fully saturated rings. The van der Waals surface area contributed by atoms with E-state index < -0.39 is 27.0 Å². The molecule has 1 aromatic rings. The van der Waals surface area contributed by atoms with Crippen LogP contribution < -0.4 is 10.0 Å². The van der Waals surface area contributed by atoms with Crippen LogP contribution in [0.2, 0.25) is 0 Å². The molecule has 5 nitrogen and oxygen atoms in total. The second-order valence-electron chi connectivity index (χ2n) is 6.73. The first kappa shape index (κ1) is 20.0. The maximum absolute atomic E-state index is 12.7. The Morgan fingerprint density at radius 1 is 1.24 bits per heavy atom. The summed E-state index contributed by atoms with van der Waals surface area (Å²) in [5.74, 6) is 0.472. The first-order chi connectivity index (χ1) is 11.6. The number of hydrogen-bond acceptors (Lipinski definition) is 4. The summed E-state index contributed by atoms with van der Waals surface area (Å²) in [5, 5.41) is 2.59. The number of pyridine rings is 1. The van der Waals surface area contributed by atoms with E-state index in [-0.39, 0.29) is 17.8 Å². The number of rotatable bonds is 6. The number of sulfonamides is 1. The lowest BCUT2D eigenvalue weighted by Crippen LogP contribution is -2.37. The van der Waals surface area contributed by atoms with Gasteiger partial charge in [-0.25, -0.2) is 18.1 Å². The molecule has 25 heavy (non-hydrogen) atoms. The SMILES string of the molecule is CC(C)S(=O)(=O)NCC1CCC(Nc2cc(C(F)(F)F)ccn2)CC1. The predicted octanol–water partition coefficient (Wildman–Crippen LogP) is 3.40. The van der Waals surface area contributed by atoms with Crippen LogP contribution in [0.4, 0.5) is 19.0 Å². The van der Waals surface area contributed by atoms with Gasteiger partial charge in [0.05, 0.1) is 10.8 Å². The molecule has 0 saturated heterocycles. The molecule has 0 aromatic carbocycles. The molecular formula is C16H24F3N3O2S. The Bertz CT molecular complexity index is 669. The molecule has 0 radical (unpaired) electrons. The van der Waals surface area contributed by atoms with Crippen LogP contribution in [-0.4, -0.2) is 31.2 Å². The van der Waals surface area contributed by atoms with Gasteiger partial charge in [-0.3, -0.25) is 0 Å². The molecule has 0 bridgehead atoms. The summed E-state index contributed by atoms with van der Waals surface area (Å²) in [6.45, 7) is 3.67. The van der Waals surface area contributed by atoms with Gasteiger partial charge in [-0.05, 0) is 57.6 Å². The van der Waals surface area contributed by atoms with E-state index in [0.29, 0.717) is 6.54 Å². The first-order valence-corrected chi connectivity index (χ1v) is 9.91. The molecule has 0 atom stereocenters. The molecule has 2 N–H and O–H groups in total. The van der Waals surface area contributed by atoms with Gasteiger partial charge in [0, 0.05) is 18.8 Å². The number of halogens is 3. The lowest BCUT2D eigenvalue weighted by atomic mass is 9.86. The van der Waals surface area contributed by atoms with Crippen LogP contribution in [0.25, 0.3) is 0 Å². The van der Waals surface area contributed by atoms with Gasteiger partial charge in [0.1, 0.15) is 5.82 Å². The van der Waals surface area contributed by atoms with Crippen molar-refractivity contribution < 1.29 is 21.6 Å². The summed E-state index contributed by atoms with van der Waals surface area (Å²) in [7, 11) is -3.26. The number of anilines is 1. The molecule has 142 valence electrons. The third-order valence-corrected chi connectivity index (χ3v) is 6.29. The van der Waals surface area contributed by atoms with Gasteiger partial charge in [0.2, 0.25) is 10.0 Å². The molecular weight excluding hydrogens is 355 g/mol. The average molecular weight is 379 g/mol. The summed E-state index contributed by atoms with van der Waals surface area (Å²) >= 11 is 0. The highest BCUT2D eigenvalue weighted by Gasteiger charge is 2.31. The normalized spacial score (nSPS) is 22.2. The number of hydrogen-bond donors (Lipinski definition) is 2. The molecule has 1 saturated carbocycles. The van der Waals surface area contributed by atoms with Crippen LogP contribution in [0.15, 0.2) is 18.3 Å². The van der Waals surface area contributed by atoms with Crippen molar-refractivity contribution in [1.82, 2.24) is 9.71 Å². The Hall–Kier alpha value is -1.35. The minimum atomic E-state index is -4.38. The van der Waals surface area contributed by atoms with Crippen LogP contribution in [0.1, 0.15) is 45.1 Å². The smallest absolute Gasteiger partial charge is 0.367 e. The molecule has 0 aliphatic heterocycles. The van der Waals surface area contributed by atoms with Gasteiger partial charge >= 0.3 is 6.18 Å². The topological polar surface area (TPSA) is 71.1 Å². The summed E-state index contributed by atoms with van der Waals surface area (Å²) in [5.41, 5.74) is -0.721. The van der Waals surface area contributed by atoms with E-state index in [4.69, 9.17) is 0 Å². The van der Waals surface area contributed by atoms with Gasteiger partial charge in [-0.15, -0.1) is 0 Å². The van der Waals surface area contributed by atoms with Crippen molar-refractivity contribution in [3.05, 3.63) is 23.9 Å². The van der Waals surface area contributed by atoms with E-state index in [1.165, 1.54) is 0 Å². The lowest BCUT2D eigenvalue weighted by molar-refractivity contribution is -0.137. The second kappa shape index (κ2) is 7.90. The van der Waals surface area contributed by atoms with Gasteiger partial charge < -0.3 is 5.32 Å². The van der Waals surface area contributed by atoms with Crippen molar-refractivity contribution in [1.29, 1.82) is 0 Å². The molecule has 0 spiro atoms. The Kier molecular flexibility index (Phi) is 6.31. The Morgan fingerprint density at radius 3 is 2.44 bits per heavy atom. The molecule has 0 unspecified atom stereocenters. The van der Waals surface area contributed by atoms with Crippen molar-refractivity contribution in [3.63, 3.8) is 0 Å². The zero-order valence-corrected chi connectivity index (χ0v) is 15.1. The fourth-order valence-electron chi connectivity index (χ4n) is 2.81. The maximum atomic E-state index is 12.7. The van der Waals surface area contributed by atoms with Crippen molar-refractivity contribution in [2.45, 2.75) is 57.0 Å². The zero-order chi connectivity index (χ0) is 18.7. The fourth-order valence-corrected chi connectivity index (χ4v) is 3.61. The van der Waals surface area contributed by atoms with E-state index in [1.54, 1.807) is 13.8 Å². The largest absolute Gasteiger partial charge is 0.416 e. The van der Waals surface area contributed by atoms with Gasteiger partial charge in [0.25, 0.3) is 0 Å². The summed E-state index contributed by atoms with van der Waals surface area (Å²) in [6, 6.07) is 2.01. The monoisotopic (exact) mass is 379 g/mol. The molecule has 1 aliphatic carbocycles. The average Bonchev–Trinajstić information content (AvgIpc) is 2.53. The Balaban J connectivity index is 1.83. The van der Waals surface area contributed by atoms with E-state index >= 15 is 0 Å².